The summed E-state index contributed by atoms with van der Waals surface area (Å²) in [7, 11) is 1.31. The Morgan fingerprint density at radius 2 is 2.27 bits per heavy atom. The van der Waals surface area contributed by atoms with Crippen molar-refractivity contribution in [2.45, 2.75) is 12.5 Å². The summed E-state index contributed by atoms with van der Waals surface area (Å²) in [5, 5.41) is 8.54. The summed E-state index contributed by atoms with van der Waals surface area (Å²) >= 11 is 0. The Morgan fingerprint density at radius 3 is 2.87 bits per heavy atom. The van der Waals surface area contributed by atoms with Crippen LogP contribution in [-0.4, -0.2) is 13.1 Å². The van der Waals surface area contributed by atoms with Gasteiger partial charge >= 0.3 is 5.97 Å². The van der Waals surface area contributed by atoms with Crippen molar-refractivity contribution in [3.8, 4) is 6.07 Å². The quantitative estimate of drug-likeness (QED) is 0.755. The van der Waals surface area contributed by atoms with E-state index in [1.807, 2.05) is 6.07 Å². The second kappa shape index (κ2) is 5.13. The third-order valence-corrected chi connectivity index (χ3v) is 2.08. The second-order valence-electron chi connectivity index (χ2n) is 3.05. The van der Waals surface area contributed by atoms with Crippen molar-refractivity contribution in [2.24, 2.45) is 5.73 Å². The molecule has 4 nitrogen and oxygen atoms in total. The number of nitriles is 1. The first-order valence-corrected chi connectivity index (χ1v) is 4.50. The number of ether oxygens (including phenoxy) is 1. The van der Waals surface area contributed by atoms with Gasteiger partial charge in [-0.15, -0.1) is 0 Å². The number of nitrogens with zero attached hydrogens (tertiary/aromatic N) is 1. The Labute approximate surface area is 88.3 Å². The Balaban J connectivity index is 3.07. The number of esters is 1. The topological polar surface area (TPSA) is 76.1 Å². The number of nitrogens with two attached hydrogens (primary N) is 1. The van der Waals surface area contributed by atoms with Gasteiger partial charge in [0.25, 0.3) is 0 Å². The molecule has 0 bridgehead atoms. The average molecular weight is 204 g/mol. The molecular weight excluding hydrogens is 192 g/mol. The third kappa shape index (κ3) is 2.55. The van der Waals surface area contributed by atoms with Crippen LogP contribution in [0.1, 0.15) is 28.4 Å². The predicted octanol–water partition coefficient (Wildman–Crippen LogP) is 1.39. The third-order valence-electron chi connectivity index (χ3n) is 2.08. The molecule has 0 spiro atoms. The molecule has 1 aromatic carbocycles. The monoisotopic (exact) mass is 204 g/mol. The highest BCUT2D eigenvalue weighted by Crippen LogP contribution is 2.19. The second-order valence-corrected chi connectivity index (χ2v) is 3.05. The van der Waals surface area contributed by atoms with Crippen LogP contribution in [0, 0.1) is 11.3 Å². The zero-order valence-corrected chi connectivity index (χ0v) is 8.43. The van der Waals surface area contributed by atoms with Crippen molar-refractivity contribution >= 4 is 5.97 Å². The first-order chi connectivity index (χ1) is 7.20. The van der Waals surface area contributed by atoms with Gasteiger partial charge in [-0.2, -0.15) is 5.26 Å². The molecule has 1 aromatic rings. The minimum absolute atomic E-state index is 0.175. The van der Waals surface area contributed by atoms with Crippen molar-refractivity contribution in [1.29, 1.82) is 5.26 Å². The fraction of sp³-hybridized carbons (Fsp3) is 0.273. The van der Waals surface area contributed by atoms with E-state index < -0.39 is 12.0 Å². The molecular formula is C11H12N2O2. The van der Waals surface area contributed by atoms with Crippen molar-refractivity contribution in [1.82, 2.24) is 0 Å². The molecule has 0 fully saturated rings. The number of hydrogen-bond acceptors (Lipinski definition) is 4. The van der Waals surface area contributed by atoms with Crippen LogP contribution < -0.4 is 5.73 Å². The maximum absolute atomic E-state index is 11.4. The van der Waals surface area contributed by atoms with Crippen LogP contribution in [0.15, 0.2) is 24.3 Å². The van der Waals surface area contributed by atoms with Gasteiger partial charge in [-0.3, -0.25) is 0 Å². The molecule has 4 heteroatoms. The summed E-state index contributed by atoms with van der Waals surface area (Å²) in [6.07, 6.45) is 0.175. The number of methoxy groups -OCH3 is 1. The van der Waals surface area contributed by atoms with Crippen LogP contribution in [0.4, 0.5) is 0 Å². The molecule has 78 valence electrons. The number of rotatable bonds is 3. The molecule has 0 saturated carbocycles. The molecule has 2 N–H and O–H groups in total. The molecule has 0 aliphatic carbocycles. The van der Waals surface area contributed by atoms with Crippen LogP contribution in [0.25, 0.3) is 0 Å². The maximum Gasteiger partial charge on any atom is 0.338 e. The minimum atomic E-state index is -0.453. The van der Waals surface area contributed by atoms with Crippen LogP contribution >= 0.6 is 0 Å². The molecule has 0 radical (unpaired) electrons. The first-order valence-electron chi connectivity index (χ1n) is 4.50. The number of carbonyl (C=O) groups excluding carboxylic acids is 1. The van der Waals surface area contributed by atoms with E-state index in [2.05, 4.69) is 4.74 Å². The normalized spacial score (nSPS) is 11.5. The first kappa shape index (κ1) is 11.2. The molecule has 0 aliphatic rings. The van der Waals surface area contributed by atoms with Gasteiger partial charge in [0.1, 0.15) is 0 Å². The van der Waals surface area contributed by atoms with Crippen LogP contribution in [0.3, 0.4) is 0 Å². The Bertz CT molecular complexity index is 396. The highest BCUT2D eigenvalue weighted by atomic mass is 16.5. The van der Waals surface area contributed by atoms with Crippen molar-refractivity contribution in [3.05, 3.63) is 35.4 Å². The molecule has 1 atom stereocenters. The molecule has 0 aliphatic heterocycles. The van der Waals surface area contributed by atoms with Gasteiger partial charge in [-0.1, -0.05) is 18.2 Å². The van der Waals surface area contributed by atoms with E-state index >= 15 is 0 Å². The van der Waals surface area contributed by atoms with E-state index in [1.54, 1.807) is 24.3 Å². The average Bonchev–Trinajstić information content (AvgIpc) is 2.28. The zero-order valence-electron chi connectivity index (χ0n) is 8.43. The zero-order chi connectivity index (χ0) is 11.3. The summed E-state index contributed by atoms with van der Waals surface area (Å²) in [5.74, 6) is -0.431. The van der Waals surface area contributed by atoms with Gasteiger partial charge in [0.05, 0.1) is 25.2 Å². The standard InChI is InChI=1S/C11H12N2O2/c1-15-11(14)9-5-3-2-4-8(9)10(13)6-7-12/h2-5,10H,6,13H2,1H3/t10-/m0/s1. The molecule has 0 aromatic heterocycles. The lowest BCUT2D eigenvalue weighted by atomic mass is 9.99. The smallest absolute Gasteiger partial charge is 0.338 e. The molecule has 0 unspecified atom stereocenters. The SMILES string of the molecule is COC(=O)c1ccccc1[C@@H](N)CC#N. The molecule has 0 amide bonds. The molecule has 0 heterocycles. The van der Waals surface area contributed by atoms with E-state index in [0.29, 0.717) is 11.1 Å². The number of benzene rings is 1. The number of carbonyl (C=O) groups is 1. The Morgan fingerprint density at radius 1 is 1.60 bits per heavy atom. The molecule has 0 saturated heterocycles. The van der Waals surface area contributed by atoms with E-state index in [0.717, 1.165) is 0 Å². The predicted molar refractivity (Wildman–Crippen MR) is 54.9 cm³/mol. The van der Waals surface area contributed by atoms with Crippen molar-refractivity contribution in [2.75, 3.05) is 7.11 Å². The molecule has 15 heavy (non-hydrogen) atoms. The minimum Gasteiger partial charge on any atom is -0.465 e. The summed E-state index contributed by atoms with van der Waals surface area (Å²) in [6, 6.07) is 8.40. The van der Waals surface area contributed by atoms with E-state index in [9.17, 15) is 4.79 Å². The van der Waals surface area contributed by atoms with Gasteiger partial charge < -0.3 is 10.5 Å². The lowest BCUT2D eigenvalue weighted by Crippen LogP contribution is -2.15. The Kier molecular flexibility index (Phi) is 3.83. The van der Waals surface area contributed by atoms with E-state index in [4.69, 9.17) is 11.0 Å². The summed E-state index contributed by atoms with van der Waals surface area (Å²) in [4.78, 5) is 11.4. The van der Waals surface area contributed by atoms with E-state index in [1.165, 1.54) is 7.11 Å². The lowest BCUT2D eigenvalue weighted by Gasteiger charge is -2.11. The fourth-order valence-electron chi connectivity index (χ4n) is 1.32. The van der Waals surface area contributed by atoms with Crippen molar-refractivity contribution in [3.63, 3.8) is 0 Å². The van der Waals surface area contributed by atoms with Crippen LogP contribution in [0.5, 0.6) is 0 Å². The van der Waals surface area contributed by atoms with Crippen molar-refractivity contribution < 1.29 is 9.53 Å². The highest BCUT2D eigenvalue weighted by Gasteiger charge is 2.15. The highest BCUT2D eigenvalue weighted by molar-refractivity contribution is 5.91. The summed E-state index contributed by atoms with van der Waals surface area (Å²) in [6.45, 7) is 0. The van der Waals surface area contributed by atoms with Gasteiger partial charge in [0, 0.05) is 6.04 Å². The summed E-state index contributed by atoms with van der Waals surface area (Å²) < 4.78 is 4.63. The van der Waals surface area contributed by atoms with E-state index in [-0.39, 0.29) is 6.42 Å². The van der Waals surface area contributed by atoms with Gasteiger partial charge in [-0.05, 0) is 11.6 Å². The Hall–Kier alpha value is -1.86. The fourth-order valence-corrected chi connectivity index (χ4v) is 1.32. The lowest BCUT2D eigenvalue weighted by molar-refractivity contribution is 0.0599. The van der Waals surface area contributed by atoms with Gasteiger partial charge in [-0.25, -0.2) is 4.79 Å². The van der Waals surface area contributed by atoms with Crippen LogP contribution in [0.2, 0.25) is 0 Å². The maximum atomic E-state index is 11.4. The number of hydrogen-bond donors (Lipinski definition) is 1. The summed E-state index contributed by atoms with van der Waals surface area (Å²) in [5.41, 5.74) is 6.83. The van der Waals surface area contributed by atoms with Crippen LogP contribution in [-0.2, 0) is 4.74 Å². The largest absolute Gasteiger partial charge is 0.465 e. The van der Waals surface area contributed by atoms with Gasteiger partial charge in [0.2, 0.25) is 0 Å². The van der Waals surface area contributed by atoms with Gasteiger partial charge in [0.15, 0.2) is 0 Å². The molecule has 1 rings (SSSR count).